The standard InChI is InChI=1S/C13H17NO3/c1-10(15)11-5-3-6-12(9-11)14(2)8-4-7-13(16)17/h3,5-6,9H,4,7-8H2,1-2H3,(H,16,17). The summed E-state index contributed by atoms with van der Waals surface area (Å²) in [5.74, 6) is -0.748. The number of anilines is 1. The number of carboxylic acids is 1. The van der Waals surface area contributed by atoms with Gasteiger partial charge in [-0.2, -0.15) is 0 Å². The van der Waals surface area contributed by atoms with Crippen molar-refractivity contribution in [1.29, 1.82) is 0 Å². The molecule has 0 saturated carbocycles. The van der Waals surface area contributed by atoms with Gasteiger partial charge in [-0.25, -0.2) is 0 Å². The van der Waals surface area contributed by atoms with Crippen LogP contribution in [0.5, 0.6) is 0 Å². The molecule has 92 valence electrons. The summed E-state index contributed by atoms with van der Waals surface area (Å²) in [6, 6.07) is 7.34. The van der Waals surface area contributed by atoms with Gasteiger partial charge in [-0.1, -0.05) is 12.1 Å². The maximum atomic E-state index is 11.2. The molecule has 0 aliphatic carbocycles. The van der Waals surface area contributed by atoms with Crippen molar-refractivity contribution in [3.63, 3.8) is 0 Å². The van der Waals surface area contributed by atoms with Crippen LogP contribution >= 0.6 is 0 Å². The van der Waals surface area contributed by atoms with Gasteiger partial charge in [0, 0.05) is 31.3 Å². The highest BCUT2D eigenvalue weighted by Crippen LogP contribution is 2.15. The van der Waals surface area contributed by atoms with E-state index in [-0.39, 0.29) is 12.2 Å². The molecule has 1 aromatic rings. The van der Waals surface area contributed by atoms with Gasteiger partial charge < -0.3 is 10.0 Å². The zero-order valence-electron chi connectivity index (χ0n) is 10.1. The second-order valence-electron chi connectivity index (χ2n) is 4.03. The second kappa shape index (κ2) is 6.03. The highest BCUT2D eigenvalue weighted by molar-refractivity contribution is 5.94. The minimum absolute atomic E-state index is 0.0331. The molecule has 0 atom stereocenters. The van der Waals surface area contributed by atoms with Gasteiger partial charge in [-0.3, -0.25) is 9.59 Å². The first-order valence-corrected chi connectivity index (χ1v) is 5.54. The molecule has 0 heterocycles. The van der Waals surface area contributed by atoms with Crippen molar-refractivity contribution < 1.29 is 14.7 Å². The number of hydrogen-bond donors (Lipinski definition) is 1. The number of Topliss-reactive ketones (excluding diaryl/α,β-unsaturated/α-hetero) is 1. The van der Waals surface area contributed by atoms with Crippen LogP contribution in [0.4, 0.5) is 5.69 Å². The minimum atomic E-state index is -0.782. The van der Waals surface area contributed by atoms with Crippen molar-refractivity contribution in [2.45, 2.75) is 19.8 Å². The van der Waals surface area contributed by atoms with Crippen LogP contribution in [-0.4, -0.2) is 30.5 Å². The van der Waals surface area contributed by atoms with E-state index in [2.05, 4.69) is 0 Å². The number of carboxylic acid groups (broad SMARTS) is 1. The van der Waals surface area contributed by atoms with E-state index in [1.165, 1.54) is 6.92 Å². The zero-order chi connectivity index (χ0) is 12.8. The Labute approximate surface area is 101 Å². The van der Waals surface area contributed by atoms with Crippen molar-refractivity contribution in [2.75, 3.05) is 18.5 Å². The Hall–Kier alpha value is -1.84. The van der Waals surface area contributed by atoms with E-state index in [0.29, 0.717) is 18.5 Å². The highest BCUT2D eigenvalue weighted by atomic mass is 16.4. The molecule has 0 radical (unpaired) electrons. The second-order valence-corrected chi connectivity index (χ2v) is 4.03. The fraction of sp³-hybridized carbons (Fsp3) is 0.385. The molecule has 0 bridgehead atoms. The average molecular weight is 235 g/mol. The van der Waals surface area contributed by atoms with Crippen LogP contribution in [0, 0.1) is 0 Å². The molecular weight excluding hydrogens is 218 g/mol. The summed E-state index contributed by atoms with van der Waals surface area (Å²) >= 11 is 0. The zero-order valence-corrected chi connectivity index (χ0v) is 10.1. The summed E-state index contributed by atoms with van der Waals surface area (Å²) in [6.07, 6.45) is 0.757. The third-order valence-electron chi connectivity index (χ3n) is 2.58. The van der Waals surface area contributed by atoms with Crippen molar-refractivity contribution in [1.82, 2.24) is 0 Å². The lowest BCUT2D eigenvalue weighted by Crippen LogP contribution is -2.19. The Morgan fingerprint density at radius 2 is 2.06 bits per heavy atom. The van der Waals surface area contributed by atoms with Crippen LogP contribution < -0.4 is 4.90 Å². The molecule has 0 aliphatic heterocycles. The quantitative estimate of drug-likeness (QED) is 0.768. The smallest absolute Gasteiger partial charge is 0.303 e. The van der Waals surface area contributed by atoms with Crippen LogP contribution in [0.15, 0.2) is 24.3 Å². The predicted molar refractivity (Wildman–Crippen MR) is 66.6 cm³/mol. The van der Waals surface area contributed by atoms with Crippen LogP contribution in [0.25, 0.3) is 0 Å². The molecule has 4 heteroatoms. The number of benzene rings is 1. The van der Waals surface area contributed by atoms with E-state index >= 15 is 0 Å². The summed E-state index contributed by atoms with van der Waals surface area (Å²) in [4.78, 5) is 23.6. The van der Waals surface area contributed by atoms with Gasteiger partial charge in [-0.05, 0) is 25.5 Å². The van der Waals surface area contributed by atoms with E-state index < -0.39 is 5.97 Å². The van der Waals surface area contributed by atoms with E-state index in [4.69, 9.17) is 5.11 Å². The van der Waals surface area contributed by atoms with Gasteiger partial charge in [0.1, 0.15) is 0 Å². The molecular formula is C13H17NO3. The van der Waals surface area contributed by atoms with Gasteiger partial charge >= 0.3 is 5.97 Å². The molecule has 17 heavy (non-hydrogen) atoms. The Balaban J connectivity index is 2.62. The number of carbonyl (C=O) groups excluding carboxylic acids is 1. The van der Waals surface area contributed by atoms with E-state index in [1.807, 2.05) is 30.1 Å². The molecule has 1 aromatic carbocycles. The van der Waals surface area contributed by atoms with Gasteiger partial charge in [0.25, 0.3) is 0 Å². The molecule has 0 unspecified atom stereocenters. The van der Waals surface area contributed by atoms with Crippen LogP contribution in [0.2, 0.25) is 0 Å². The number of ketones is 1. The van der Waals surface area contributed by atoms with Crippen molar-refractivity contribution >= 4 is 17.4 Å². The molecule has 0 saturated heterocycles. The molecule has 0 amide bonds. The molecule has 0 aliphatic rings. The molecule has 0 fully saturated rings. The topological polar surface area (TPSA) is 57.6 Å². The molecule has 4 nitrogen and oxygen atoms in total. The Bertz CT molecular complexity index is 415. The predicted octanol–water partition coefficient (Wildman–Crippen LogP) is 2.19. The third kappa shape index (κ3) is 4.26. The largest absolute Gasteiger partial charge is 0.481 e. The molecule has 1 N–H and O–H groups in total. The van der Waals surface area contributed by atoms with E-state index in [9.17, 15) is 9.59 Å². The first-order chi connectivity index (χ1) is 8.00. The fourth-order valence-electron chi connectivity index (χ4n) is 1.56. The summed E-state index contributed by atoms with van der Waals surface area (Å²) in [6.45, 7) is 2.19. The van der Waals surface area contributed by atoms with Crippen molar-refractivity contribution in [3.8, 4) is 0 Å². The first kappa shape index (κ1) is 13.2. The van der Waals surface area contributed by atoms with E-state index in [0.717, 1.165) is 5.69 Å². The number of nitrogens with zero attached hydrogens (tertiary/aromatic N) is 1. The van der Waals surface area contributed by atoms with Gasteiger partial charge in [0.05, 0.1) is 0 Å². The monoisotopic (exact) mass is 235 g/mol. The fourth-order valence-corrected chi connectivity index (χ4v) is 1.56. The van der Waals surface area contributed by atoms with E-state index in [1.54, 1.807) is 6.07 Å². The Morgan fingerprint density at radius 1 is 1.35 bits per heavy atom. The Kier molecular flexibility index (Phi) is 4.69. The summed E-state index contributed by atoms with van der Waals surface area (Å²) < 4.78 is 0. The SMILES string of the molecule is CC(=O)c1cccc(N(C)CCCC(=O)O)c1. The number of carbonyl (C=O) groups is 2. The maximum Gasteiger partial charge on any atom is 0.303 e. The number of rotatable bonds is 6. The number of aliphatic carboxylic acids is 1. The third-order valence-corrected chi connectivity index (χ3v) is 2.58. The normalized spacial score (nSPS) is 10.0. The summed E-state index contributed by atoms with van der Waals surface area (Å²) in [5.41, 5.74) is 1.61. The van der Waals surface area contributed by atoms with Crippen LogP contribution in [-0.2, 0) is 4.79 Å². The van der Waals surface area contributed by atoms with Crippen LogP contribution in [0.3, 0.4) is 0 Å². The molecule has 0 spiro atoms. The molecule has 0 aromatic heterocycles. The van der Waals surface area contributed by atoms with Gasteiger partial charge in [-0.15, -0.1) is 0 Å². The highest BCUT2D eigenvalue weighted by Gasteiger charge is 2.05. The van der Waals surface area contributed by atoms with Crippen LogP contribution in [0.1, 0.15) is 30.1 Å². The first-order valence-electron chi connectivity index (χ1n) is 5.54. The minimum Gasteiger partial charge on any atom is -0.481 e. The lowest BCUT2D eigenvalue weighted by Gasteiger charge is -2.19. The average Bonchev–Trinajstić information content (AvgIpc) is 2.28. The number of hydrogen-bond acceptors (Lipinski definition) is 3. The summed E-state index contributed by atoms with van der Waals surface area (Å²) in [5, 5.41) is 8.55. The van der Waals surface area contributed by atoms with Gasteiger partial charge in [0.2, 0.25) is 0 Å². The summed E-state index contributed by atoms with van der Waals surface area (Å²) in [7, 11) is 1.89. The van der Waals surface area contributed by atoms with Gasteiger partial charge in [0.15, 0.2) is 5.78 Å². The lowest BCUT2D eigenvalue weighted by atomic mass is 10.1. The van der Waals surface area contributed by atoms with Crippen molar-refractivity contribution in [2.24, 2.45) is 0 Å². The Morgan fingerprint density at radius 3 is 2.65 bits per heavy atom. The molecule has 1 rings (SSSR count). The van der Waals surface area contributed by atoms with Crippen molar-refractivity contribution in [3.05, 3.63) is 29.8 Å². The lowest BCUT2D eigenvalue weighted by molar-refractivity contribution is -0.137. The maximum absolute atomic E-state index is 11.2.